The molecule has 0 aliphatic heterocycles. The summed E-state index contributed by atoms with van der Waals surface area (Å²) in [5.74, 6) is -1.00. The van der Waals surface area contributed by atoms with Crippen LogP contribution in [0, 0.1) is 6.92 Å². The second kappa shape index (κ2) is 6.24. The molecule has 1 aromatic carbocycles. The van der Waals surface area contributed by atoms with Crippen molar-refractivity contribution in [3.05, 3.63) is 34.0 Å². The van der Waals surface area contributed by atoms with Crippen LogP contribution >= 0.6 is 11.6 Å². The molecule has 19 heavy (non-hydrogen) atoms. The summed E-state index contributed by atoms with van der Waals surface area (Å²) < 4.78 is 4.59. The monoisotopic (exact) mass is 282 g/mol. The van der Waals surface area contributed by atoms with Gasteiger partial charge in [-0.25, -0.2) is 4.79 Å². The highest BCUT2D eigenvalue weighted by atomic mass is 35.5. The smallest absolute Gasteiger partial charge is 0.354 e. The normalized spacial score (nSPS) is 11.1. The summed E-state index contributed by atoms with van der Waals surface area (Å²) in [6, 6.07) is 3.36. The Kier molecular flexibility index (Phi) is 4.94. The highest BCUT2D eigenvalue weighted by Crippen LogP contribution is 2.25. The van der Waals surface area contributed by atoms with Gasteiger partial charge in [0, 0.05) is 6.92 Å². The first-order valence-corrected chi connectivity index (χ1v) is 5.86. The number of halogens is 1. The van der Waals surface area contributed by atoms with Crippen molar-refractivity contribution in [3.63, 3.8) is 0 Å². The quantitative estimate of drug-likeness (QED) is 0.504. The van der Waals surface area contributed by atoms with Crippen LogP contribution in [0.4, 0.5) is 5.69 Å². The van der Waals surface area contributed by atoms with Gasteiger partial charge in [-0.05, 0) is 36.3 Å². The van der Waals surface area contributed by atoms with E-state index in [2.05, 4.69) is 10.1 Å². The van der Waals surface area contributed by atoms with E-state index in [4.69, 9.17) is 17.3 Å². The molecule has 0 radical (unpaired) electrons. The van der Waals surface area contributed by atoms with Gasteiger partial charge in [-0.15, -0.1) is 0 Å². The number of esters is 1. The molecule has 0 saturated heterocycles. The molecule has 1 rings (SSSR count). The third-order valence-electron chi connectivity index (χ3n) is 2.39. The second-order valence-corrected chi connectivity index (χ2v) is 4.37. The topological polar surface area (TPSA) is 81.4 Å². The summed E-state index contributed by atoms with van der Waals surface area (Å²) in [6.07, 6.45) is 1.48. The van der Waals surface area contributed by atoms with E-state index >= 15 is 0 Å². The number of ether oxygens (including phenoxy) is 1. The van der Waals surface area contributed by atoms with Crippen LogP contribution in [0.25, 0.3) is 6.08 Å². The van der Waals surface area contributed by atoms with Gasteiger partial charge in [-0.1, -0.05) is 11.6 Å². The number of aryl methyl sites for hydroxylation is 1. The Morgan fingerprint density at radius 3 is 2.53 bits per heavy atom. The summed E-state index contributed by atoms with van der Waals surface area (Å²) in [5, 5.41) is 2.79. The first-order valence-electron chi connectivity index (χ1n) is 5.48. The maximum Gasteiger partial charge on any atom is 0.354 e. The zero-order valence-electron chi connectivity index (χ0n) is 10.9. The fourth-order valence-corrected chi connectivity index (χ4v) is 1.75. The van der Waals surface area contributed by atoms with Gasteiger partial charge in [0.05, 0.1) is 17.8 Å². The molecule has 0 heterocycles. The van der Waals surface area contributed by atoms with E-state index in [1.54, 1.807) is 19.1 Å². The molecule has 6 heteroatoms. The fraction of sp³-hybridized carbons (Fsp3) is 0.231. The SMILES string of the molecule is COC(=O)/C(=C\c1cc(C)c(N)c(Cl)c1)NC(C)=O. The van der Waals surface area contributed by atoms with Crippen molar-refractivity contribution in [3.8, 4) is 0 Å². The van der Waals surface area contributed by atoms with Crippen molar-refractivity contribution < 1.29 is 14.3 Å². The number of hydrogen-bond donors (Lipinski definition) is 2. The van der Waals surface area contributed by atoms with Gasteiger partial charge < -0.3 is 15.8 Å². The minimum Gasteiger partial charge on any atom is -0.464 e. The van der Waals surface area contributed by atoms with E-state index in [9.17, 15) is 9.59 Å². The fourth-order valence-electron chi connectivity index (χ4n) is 1.48. The van der Waals surface area contributed by atoms with E-state index in [-0.39, 0.29) is 11.6 Å². The molecule has 5 nitrogen and oxygen atoms in total. The molecule has 0 spiro atoms. The average Bonchev–Trinajstić information content (AvgIpc) is 2.33. The molecule has 1 aromatic rings. The Hall–Kier alpha value is -2.01. The summed E-state index contributed by atoms with van der Waals surface area (Å²) in [7, 11) is 1.24. The number of amides is 1. The minimum absolute atomic E-state index is 0.0373. The zero-order valence-corrected chi connectivity index (χ0v) is 11.7. The standard InChI is InChI=1S/C13H15ClN2O3/c1-7-4-9(5-10(14)12(7)15)6-11(13(18)19-3)16-8(2)17/h4-6H,15H2,1-3H3,(H,16,17)/b11-6+. The summed E-state index contributed by atoms with van der Waals surface area (Å²) in [6.45, 7) is 3.10. The Morgan fingerprint density at radius 1 is 1.42 bits per heavy atom. The summed E-state index contributed by atoms with van der Waals surface area (Å²) in [4.78, 5) is 22.6. The van der Waals surface area contributed by atoms with E-state index in [1.807, 2.05) is 0 Å². The summed E-state index contributed by atoms with van der Waals surface area (Å²) >= 11 is 5.96. The first kappa shape index (κ1) is 15.0. The Morgan fingerprint density at radius 2 is 2.05 bits per heavy atom. The average molecular weight is 283 g/mol. The number of nitrogens with two attached hydrogens (primary N) is 1. The van der Waals surface area contributed by atoms with Gasteiger partial charge in [-0.2, -0.15) is 0 Å². The van der Waals surface area contributed by atoms with Crippen LogP contribution in [0.15, 0.2) is 17.8 Å². The van der Waals surface area contributed by atoms with Crippen LogP contribution in [-0.2, 0) is 14.3 Å². The van der Waals surface area contributed by atoms with Crippen LogP contribution in [0.1, 0.15) is 18.1 Å². The molecule has 0 bridgehead atoms. The Bertz CT molecular complexity index is 530. The largest absolute Gasteiger partial charge is 0.464 e. The maximum absolute atomic E-state index is 11.5. The van der Waals surface area contributed by atoms with Crippen LogP contribution in [0.2, 0.25) is 5.02 Å². The van der Waals surface area contributed by atoms with Gasteiger partial charge in [0.2, 0.25) is 5.91 Å². The number of benzene rings is 1. The van der Waals surface area contributed by atoms with Crippen LogP contribution in [-0.4, -0.2) is 19.0 Å². The van der Waals surface area contributed by atoms with E-state index in [0.717, 1.165) is 5.56 Å². The molecule has 3 N–H and O–H groups in total. The third kappa shape index (κ3) is 3.99. The molecule has 0 saturated carbocycles. The molecular weight excluding hydrogens is 268 g/mol. The number of hydrogen-bond acceptors (Lipinski definition) is 4. The molecule has 0 fully saturated rings. The van der Waals surface area contributed by atoms with Gasteiger partial charge in [-0.3, -0.25) is 4.79 Å². The number of anilines is 1. The first-order chi connectivity index (χ1) is 8.85. The van der Waals surface area contributed by atoms with Crippen LogP contribution < -0.4 is 11.1 Å². The van der Waals surface area contributed by atoms with Crippen molar-refractivity contribution in [1.82, 2.24) is 5.32 Å². The van der Waals surface area contributed by atoms with E-state index in [0.29, 0.717) is 16.3 Å². The number of carbonyl (C=O) groups excluding carboxylic acids is 2. The number of rotatable bonds is 3. The molecule has 0 aliphatic carbocycles. The van der Waals surface area contributed by atoms with Gasteiger partial charge in [0.1, 0.15) is 5.70 Å². The maximum atomic E-state index is 11.5. The highest BCUT2D eigenvalue weighted by Gasteiger charge is 2.12. The highest BCUT2D eigenvalue weighted by molar-refractivity contribution is 6.33. The number of methoxy groups -OCH3 is 1. The predicted molar refractivity (Wildman–Crippen MR) is 74.4 cm³/mol. The minimum atomic E-state index is -0.638. The second-order valence-electron chi connectivity index (χ2n) is 3.96. The van der Waals surface area contributed by atoms with Crippen molar-refractivity contribution >= 4 is 35.2 Å². The zero-order chi connectivity index (χ0) is 14.6. The lowest BCUT2D eigenvalue weighted by atomic mass is 10.1. The third-order valence-corrected chi connectivity index (χ3v) is 2.70. The van der Waals surface area contributed by atoms with Gasteiger partial charge in [0.15, 0.2) is 0 Å². The lowest BCUT2D eigenvalue weighted by molar-refractivity contribution is -0.137. The lowest BCUT2D eigenvalue weighted by Crippen LogP contribution is -2.25. The van der Waals surface area contributed by atoms with Crippen LogP contribution in [0.5, 0.6) is 0 Å². The number of carbonyl (C=O) groups is 2. The molecule has 1 amide bonds. The Labute approximate surface area is 116 Å². The predicted octanol–water partition coefficient (Wildman–Crippen LogP) is 1.88. The lowest BCUT2D eigenvalue weighted by Gasteiger charge is -2.08. The van der Waals surface area contributed by atoms with Crippen molar-refractivity contribution in [2.75, 3.05) is 12.8 Å². The molecule has 102 valence electrons. The Balaban J connectivity index is 3.21. The van der Waals surface area contributed by atoms with Gasteiger partial charge >= 0.3 is 5.97 Å². The van der Waals surface area contributed by atoms with Crippen molar-refractivity contribution in [2.24, 2.45) is 0 Å². The van der Waals surface area contributed by atoms with Gasteiger partial charge in [0.25, 0.3) is 0 Å². The summed E-state index contributed by atoms with van der Waals surface area (Å²) in [5.41, 5.74) is 7.68. The molecular formula is C13H15ClN2O3. The molecule has 0 unspecified atom stereocenters. The molecule has 0 aliphatic rings. The van der Waals surface area contributed by atoms with Crippen molar-refractivity contribution in [2.45, 2.75) is 13.8 Å². The molecule has 0 aromatic heterocycles. The number of nitrogens with one attached hydrogen (secondary N) is 1. The van der Waals surface area contributed by atoms with E-state index in [1.165, 1.54) is 20.1 Å². The van der Waals surface area contributed by atoms with Crippen LogP contribution in [0.3, 0.4) is 0 Å². The van der Waals surface area contributed by atoms with Crippen molar-refractivity contribution in [1.29, 1.82) is 0 Å². The molecule has 0 atom stereocenters. The number of nitrogen functional groups attached to an aromatic ring is 1. The van der Waals surface area contributed by atoms with E-state index < -0.39 is 5.97 Å².